The van der Waals surface area contributed by atoms with Crippen molar-refractivity contribution in [2.45, 2.75) is 18.5 Å². The monoisotopic (exact) mass is 412 g/mol. The third kappa shape index (κ3) is 3.97. The van der Waals surface area contributed by atoms with E-state index in [1.807, 2.05) is 47.9 Å². The Hall–Kier alpha value is -2.98. The van der Waals surface area contributed by atoms with Gasteiger partial charge in [0.15, 0.2) is 10.9 Å². The summed E-state index contributed by atoms with van der Waals surface area (Å²) >= 11 is 2.67. The van der Waals surface area contributed by atoms with Crippen molar-refractivity contribution in [2.75, 3.05) is 11.1 Å². The van der Waals surface area contributed by atoms with E-state index < -0.39 is 0 Å². The molecule has 3 heterocycles. The highest BCUT2D eigenvalue weighted by Gasteiger charge is 2.19. The first kappa shape index (κ1) is 18.4. The van der Waals surface area contributed by atoms with Crippen LogP contribution in [0.25, 0.3) is 17.3 Å². The van der Waals surface area contributed by atoms with E-state index in [-0.39, 0.29) is 11.7 Å². The third-order valence-electron chi connectivity index (χ3n) is 3.74. The zero-order chi connectivity index (χ0) is 19.3. The van der Waals surface area contributed by atoms with Gasteiger partial charge in [-0.15, -0.1) is 20.4 Å². The van der Waals surface area contributed by atoms with Crippen LogP contribution in [0.1, 0.15) is 11.9 Å². The number of carbonyl (C=O) groups is 1. The number of para-hydroxylation sites is 1. The van der Waals surface area contributed by atoms with Crippen molar-refractivity contribution < 1.29 is 9.21 Å². The molecule has 3 aromatic heterocycles. The Kier molecular flexibility index (Phi) is 5.49. The topological polar surface area (TPSA) is 98.7 Å². The Morgan fingerprint density at radius 2 is 2.00 bits per heavy atom. The number of nitrogens with one attached hydrogen (secondary N) is 1. The average molecular weight is 413 g/mol. The standard InChI is InChI=1S/C18H16N6O2S2/c1-2-15-20-22-17(28-15)19-14(25)11-27-18-23-21-16(13-9-6-10-26-13)24(18)12-7-4-3-5-8-12/h3-10H,2,11H2,1H3,(H,19,22,25). The Morgan fingerprint density at radius 3 is 2.71 bits per heavy atom. The molecule has 4 rings (SSSR count). The summed E-state index contributed by atoms with van der Waals surface area (Å²) in [6.45, 7) is 2.00. The molecule has 4 aromatic rings. The predicted molar refractivity (Wildman–Crippen MR) is 108 cm³/mol. The smallest absolute Gasteiger partial charge is 0.236 e. The fourth-order valence-electron chi connectivity index (χ4n) is 2.47. The van der Waals surface area contributed by atoms with Crippen LogP contribution in [0.2, 0.25) is 0 Å². The molecule has 28 heavy (non-hydrogen) atoms. The van der Waals surface area contributed by atoms with Gasteiger partial charge in [0, 0.05) is 5.69 Å². The number of thioether (sulfide) groups is 1. The first-order chi connectivity index (χ1) is 13.7. The largest absolute Gasteiger partial charge is 0.461 e. The van der Waals surface area contributed by atoms with E-state index >= 15 is 0 Å². The highest BCUT2D eigenvalue weighted by atomic mass is 32.2. The van der Waals surface area contributed by atoms with Crippen LogP contribution in [-0.4, -0.2) is 36.6 Å². The molecule has 0 bridgehead atoms. The minimum atomic E-state index is -0.175. The maximum Gasteiger partial charge on any atom is 0.236 e. The molecule has 142 valence electrons. The maximum absolute atomic E-state index is 12.3. The zero-order valence-electron chi connectivity index (χ0n) is 14.9. The van der Waals surface area contributed by atoms with Gasteiger partial charge in [-0.1, -0.05) is 48.2 Å². The molecular weight excluding hydrogens is 396 g/mol. The average Bonchev–Trinajstić information content (AvgIpc) is 3.47. The second-order valence-electron chi connectivity index (χ2n) is 5.65. The number of benzene rings is 1. The molecular formula is C18H16N6O2S2. The quantitative estimate of drug-likeness (QED) is 0.462. The van der Waals surface area contributed by atoms with Gasteiger partial charge < -0.3 is 4.42 Å². The fraction of sp³-hybridized carbons (Fsp3) is 0.167. The van der Waals surface area contributed by atoms with Crippen molar-refractivity contribution in [3.8, 4) is 17.3 Å². The predicted octanol–water partition coefficient (Wildman–Crippen LogP) is 3.67. The van der Waals surface area contributed by atoms with Gasteiger partial charge in [0.2, 0.25) is 16.9 Å². The van der Waals surface area contributed by atoms with Gasteiger partial charge >= 0.3 is 0 Å². The number of rotatable bonds is 7. The van der Waals surface area contributed by atoms with Crippen LogP contribution in [0.15, 0.2) is 58.3 Å². The first-order valence-electron chi connectivity index (χ1n) is 8.54. The molecule has 0 unspecified atom stereocenters. The normalized spacial score (nSPS) is 10.9. The highest BCUT2D eigenvalue weighted by Crippen LogP contribution is 2.28. The summed E-state index contributed by atoms with van der Waals surface area (Å²) in [6, 6.07) is 13.3. The van der Waals surface area contributed by atoms with Crippen LogP contribution >= 0.6 is 23.1 Å². The van der Waals surface area contributed by atoms with E-state index in [9.17, 15) is 4.79 Å². The van der Waals surface area contributed by atoms with Crippen molar-refractivity contribution in [2.24, 2.45) is 0 Å². The van der Waals surface area contributed by atoms with Gasteiger partial charge in [0.1, 0.15) is 5.01 Å². The molecule has 0 aliphatic rings. The molecule has 0 aliphatic heterocycles. The van der Waals surface area contributed by atoms with Crippen LogP contribution in [0.5, 0.6) is 0 Å². The van der Waals surface area contributed by atoms with Crippen LogP contribution in [-0.2, 0) is 11.2 Å². The lowest BCUT2D eigenvalue weighted by molar-refractivity contribution is -0.113. The Balaban J connectivity index is 1.53. The van der Waals surface area contributed by atoms with Crippen LogP contribution in [0, 0.1) is 0 Å². The summed E-state index contributed by atoms with van der Waals surface area (Å²) in [6.07, 6.45) is 2.38. The fourth-order valence-corrected chi connectivity index (χ4v) is 3.92. The molecule has 1 N–H and O–H groups in total. The molecule has 0 saturated heterocycles. The summed E-state index contributed by atoms with van der Waals surface area (Å²) in [4.78, 5) is 12.3. The Labute approximate surface area is 169 Å². The molecule has 8 nitrogen and oxygen atoms in total. The third-order valence-corrected chi connectivity index (χ3v) is 5.65. The number of furan rings is 1. The molecule has 1 aromatic carbocycles. The number of hydrogen-bond acceptors (Lipinski definition) is 8. The van der Waals surface area contributed by atoms with E-state index in [0.717, 1.165) is 17.1 Å². The summed E-state index contributed by atoms with van der Waals surface area (Å²) in [7, 11) is 0. The minimum absolute atomic E-state index is 0.171. The van der Waals surface area contributed by atoms with E-state index in [2.05, 4.69) is 25.7 Å². The molecule has 10 heteroatoms. The van der Waals surface area contributed by atoms with E-state index in [4.69, 9.17) is 4.42 Å². The van der Waals surface area contributed by atoms with Crippen LogP contribution < -0.4 is 5.32 Å². The number of aromatic nitrogens is 5. The Morgan fingerprint density at radius 1 is 1.14 bits per heavy atom. The first-order valence-corrected chi connectivity index (χ1v) is 10.3. The lowest BCUT2D eigenvalue weighted by Crippen LogP contribution is -2.14. The number of hydrogen-bond donors (Lipinski definition) is 1. The van der Waals surface area contributed by atoms with Crippen molar-refractivity contribution in [3.05, 3.63) is 53.7 Å². The highest BCUT2D eigenvalue weighted by molar-refractivity contribution is 7.99. The zero-order valence-corrected chi connectivity index (χ0v) is 16.5. The van der Waals surface area contributed by atoms with Crippen molar-refractivity contribution in [1.82, 2.24) is 25.0 Å². The van der Waals surface area contributed by atoms with Crippen LogP contribution in [0.3, 0.4) is 0 Å². The molecule has 0 aliphatic carbocycles. The van der Waals surface area contributed by atoms with Gasteiger partial charge in [0.25, 0.3) is 0 Å². The van der Waals surface area contributed by atoms with Gasteiger partial charge in [-0.25, -0.2) is 0 Å². The second-order valence-corrected chi connectivity index (χ2v) is 7.65. The van der Waals surface area contributed by atoms with Crippen molar-refractivity contribution in [1.29, 1.82) is 0 Å². The summed E-state index contributed by atoms with van der Waals surface area (Å²) in [5.41, 5.74) is 0.888. The summed E-state index contributed by atoms with van der Waals surface area (Å²) in [5, 5.41) is 21.2. The molecule has 0 saturated carbocycles. The SMILES string of the molecule is CCc1nnc(NC(=O)CSc2nnc(-c3ccco3)n2-c2ccccc2)s1. The van der Waals surface area contributed by atoms with Gasteiger partial charge in [-0.3, -0.25) is 14.7 Å². The van der Waals surface area contributed by atoms with E-state index in [1.165, 1.54) is 23.1 Å². The number of amides is 1. The van der Waals surface area contributed by atoms with Crippen molar-refractivity contribution in [3.63, 3.8) is 0 Å². The second kappa shape index (κ2) is 8.36. The lowest BCUT2D eigenvalue weighted by Gasteiger charge is -2.08. The number of nitrogens with zero attached hydrogens (tertiary/aromatic N) is 5. The molecule has 0 spiro atoms. The molecule has 1 amide bonds. The summed E-state index contributed by atoms with van der Waals surface area (Å²) < 4.78 is 7.36. The molecule has 0 fully saturated rings. The van der Waals surface area contributed by atoms with Gasteiger partial charge in [-0.2, -0.15) is 0 Å². The molecule has 0 atom stereocenters. The Bertz CT molecular complexity index is 1060. The minimum Gasteiger partial charge on any atom is -0.461 e. The molecule has 0 radical (unpaired) electrons. The van der Waals surface area contributed by atoms with Crippen molar-refractivity contribution >= 4 is 34.1 Å². The number of carbonyl (C=O) groups excluding carboxylic acids is 1. The van der Waals surface area contributed by atoms with E-state index in [1.54, 1.807) is 12.3 Å². The number of aryl methyl sites for hydroxylation is 1. The van der Waals surface area contributed by atoms with E-state index in [0.29, 0.717) is 21.9 Å². The lowest BCUT2D eigenvalue weighted by atomic mass is 10.3. The maximum atomic E-state index is 12.3. The number of anilines is 1. The van der Waals surface area contributed by atoms with Gasteiger partial charge in [-0.05, 0) is 30.7 Å². The van der Waals surface area contributed by atoms with Gasteiger partial charge in [0.05, 0.1) is 12.0 Å². The van der Waals surface area contributed by atoms with Crippen LogP contribution in [0.4, 0.5) is 5.13 Å². The summed E-state index contributed by atoms with van der Waals surface area (Å²) in [5.74, 6) is 1.18.